The van der Waals surface area contributed by atoms with Gasteiger partial charge in [-0.1, -0.05) is 127 Å². The molecule has 0 saturated heterocycles. The zero-order valence-corrected chi connectivity index (χ0v) is 29.5. The minimum atomic E-state index is 0.636. The van der Waals surface area contributed by atoms with E-state index in [1.165, 1.54) is 11.1 Å². The fourth-order valence-corrected chi connectivity index (χ4v) is 8.73. The van der Waals surface area contributed by atoms with Crippen molar-refractivity contribution in [3.63, 3.8) is 0 Å². The third kappa shape index (κ3) is 4.35. The molecule has 0 fully saturated rings. The number of rotatable bonds is 4. The third-order valence-electron chi connectivity index (χ3n) is 11.1. The molecule has 256 valence electrons. The Morgan fingerprint density at radius 3 is 1.76 bits per heavy atom. The van der Waals surface area contributed by atoms with Gasteiger partial charge < -0.3 is 8.98 Å². The van der Waals surface area contributed by atoms with Crippen molar-refractivity contribution in [1.29, 1.82) is 0 Å². The smallest absolute Gasteiger partial charge is 0.235 e. The second-order valence-corrected chi connectivity index (χ2v) is 14.1. The van der Waals surface area contributed by atoms with E-state index in [4.69, 9.17) is 14.4 Å². The molecule has 5 nitrogen and oxygen atoms in total. The van der Waals surface area contributed by atoms with E-state index in [1.807, 2.05) is 18.2 Å². The Morgan fingerprint density at radius 1 is 0.364 bits per heavy atom. The molecule has 12 rings (SSSR count). The summed E-state index contributed by atoms with van der Waals surface area (Å²) < 4.78 is 11.4. The van der Waals surface area contributed by atoms with E-state index < -0.39 is 0 Å². The number of fused-ring (bicyclic) bond motifs is 12. The summed E-state index contributed by atoms with van der Waals surface area (Å²) in [6.07, 6.45) is 0. The molecule has 0 N–H and O–H groups in total. The van der Waals surface area contributed by atoms with Gasteiger partial charge in [-0.15, -0.1) is 0 Å². The summed E-state index contributed by atoms with van der Waals surface area (Å²) in [4.78, 5) is 10.6. The van der Waals surface area contributed by atoms with Gasteiger partial charge in [-0.05, 0) is 65.7 Å². The molecular formula is C50H30N4O. The number of aromatic nitrogens is 4. The van der Waals surface area contributed by atoms with Crippen molar-refractivity contribution in [2.45, 2.75) is 0 Å². The number of para-hydroxylation sites is 3. The van der Waals surface area contributed by atoms with Gasteiger partial charge in [0.2, 0.25) is 5.95 Å². The molecule has 0 aliphatic heterocycles. The van der Waals surface area contributed by atoms with Gasteiger partial charge in [-0.25, -0.2) is 9.97 Å². The van der Waals surface area contributed by atoms with Gasteiger partial charge >= 0.3 is 0 Å². The molecule has 4 aromatic heterocycles. The van der Waals surface area contributed by atoms with Crippen LogP contribution in [0.2, 0.25) is 0 Å². The second-order valence-electron chi connectivity index (χ2n) is 14.1. The van der Waals surface area contributed by atoms with Crippen molar-refractivity contribution < 1.29 is 4.42 Å². The Morgan fingerprint density at radius 2 is 0.964 bits per heavy atom. The van der Waals surface area contributed by atoms with Gasteiger partial charge in [0.25, 0.3) is 0 Å². The van der Waals surface area contributed by atoms with Crippen LogP contribution in [-0.2, 0) is 0 Å². The predicted molar refractivity (Wildman–Crippen MR) is 226 cm³/mol. The summed E-state index contributed by atoms with van der Waals surface area (Å²) in [6.45, 7) is 0. The third-order valence-corrected chi connectivity index (χ3v) is 11.1. The standard InChI is InChI=1S/C50H30N4O/c1-3-13-31(14-4-1)32-23-25-34(26-24-32)53-42-30-29-41-45(46(42)47-43(53)28-27-36-35-17-9-12-22-44(35)55-49(36)47)38-19-8-11-21-40(38)54(41)50-51-39-20-10-7-18-37(39)48(52-50)33-15-5-2-6-16-33/h1-30H. The molecule has 4 heterocycles. The van der Waals surface area contributed by atoms with Crippen LogP contribution in [0.5, 0.6) is 0 Å². The van der Waals surface area contributed by atoms with Crippen molar-refractivity contribution in [2.75, 3.05) is 0 Å². The number of nitrogens with zero attached hydrogens (tertiary/aromatic N) is 4. The Kier molecular flexibility index (Phi) is 6.27. The molecule has 0 saturated carbocycles. The molecule has 55 heavy (non-hydrogen) atoms. The molecule has 0 aliphatic carbocycles. The van der Waals surface area contributed by atoms with Crippen LogP contribution in [-0.4, -0.2) is 19.1 Å². The van der Waals surface area contributed by atoms with E-state index in [1.54, 1.807) is 0 Å². The first-order chi connectivity index (χ1) is 27.3. The van der Waals surface area contributed by atoms with Gasteiger partial charge in [0.15, 0.2) is 0 Å². The van der Waals surface area contributed by atoms with Crippen LogP contribution in [0.3, 0.4) is 0 Å². The monoisotopic (exact) mass is 702 g/mol. The van der Waals surface area contributed by atoms with Gasteiger partial charge in [0.1, 0.15) is 11.2 Å². The van der Waals surface area contributed by atoms with E-state index >= 15 is 0 Å². The molecule has 5 heteroatoms. The van der Waals surface area contributed by atoms with E-state index in [9.17, 15) is 0 Å². The summed E-state index contributed by atoms with van der Waals surface area (Å²) in [5.41, 5.74) is 12.4. The summed E-state index contributed by atoms with van der Waals surface area (Å²) in [5, 5.41) is 7.75. The lowest BCUT2D eigenvalue weighted by Gasteiger charge is -2.12. The van der Waals surface area contributed by atoms with Gasteiger partial charge in [0.05, 0.1) is 38.7 Å². The number of hydrogen-bond donors (Lipinski definition) is 0. The number of benzene rings is 8. The average Bonchev–Trinajstić information content (AvgIpc) is 3.91. The maximum atomic E-state index is 6.82. The highest BCUT2D eigenvalue weighted by molar-refractivity contribution is 6.34. The highest BCUT2D eigenvalue weighted by Crippen LogP contribution is 2.46. The quantitative estimate of drug-likeness (QED) is 0.183. The Balaban J connectivity index is 1.22. The van der Waals surface area contributed by atoms with Crippen molar-refractivity contribution in [2.24, 2.45) is 0 Å². The number of hydrogen-bond acceptors (Lipinski definition) is 3. The Labute approximate surface area is 315 Å². The van der Waals surface area contributed by atoms with E-state index in [0.29, 0.717) is 5.95 Å². The van der Waals surface area contributed by atoms with Crippen molar-refractivity contribution in [3.8, 4) is 34.0 Å². The molecule has 0 spiro atoms. The van der Waals surface area contributed by atoms with Gasteiger partial charge in [-0.2, -0.15) is 0 Å². The fourth-order valence-electron chi connectivity index (χ4n) is 8.73. The summed E-state index contributed by atoms with van der Waals surface area (Å²) in [6, 6.07) is 64.0. The van der Waals surface area contributed by atoms with Crippen LogP contribution < -0.4 is 0 Å². The maximum absolute atomic E-state index is 6.82. The van der Waals surface area contributed by atoms with Crippen molar-refractivity contribution in [1.82, 2.24) is 19.1 Å². The molecular weight excluding hydrogens is 673 g/mol. The zero-order valence-electron chi connectivity index (χ0n) is 29.5. The Bertz CT molecular complexity index is 3470. The van der Waals surface area contributed by atoms with Crippen LogP contribution in [0.4, 0.5) is 0 Å². The van der Waals surface area contributed by atoms with Gasteiger partial charge in [-0.3, -0.25) is 4.57 Å². The van der Waals surface area contributed by atoms with E-state index in [0.717, 1.165) is 93.4 Å². The van der Waals surface area contributed by atoms with Crippen molar-refractivity contribution >= 4 is 76.5 Å². The molecule has 12 aromatic rings. The molecule has 0 aliphatic rings. The minimum absolute atomic E-state index is 0.636. The SMILES string of the molecule is c1ccc(-c2ccc(-n3c4ccc5c6ccccc6oc5c4c4c5c6ccccc6n(-c6nc(-c7ccccc7)c7ccccc7n6)c5ccc43)cc2)cc1. The number of furan rings is 1. The average molecular weight is 703 g/mol. The fraction of sp³-hybridized carbons (Fsp3) is 0. The molecule has 0 unspecified atom stereocenters. The van der Waals surface area contributed by atoms with Crippen LogP contribution in [0.15, 0.2) is 186 Å². The van der Waals surface area contributed by atoms with Crippen LogP contribution in [0.25, 0.3) is 110 Å². The lowest BCUT2D eigenvalue weighted by molar-refractivity contribution is 0.673. The normalized spacial score (nSPS) is 12.0. The first kappa shape index (κ1) is 30.0. The van der Waals surface area contributed by atoms with Crippen LogP contribution >= 0.6 is 0 Å². The summed E-state index contributed by atoms with van der Waals surface area (Å²) >= 11 is 0. The minimum Gasteiger partial charge on any atom is -0.455 e. The summed E-state index contributed by atoms with van der Waals surface area (Å²) in [5.74, 6) is 0.636. The Hall–Kier alpha value is -7.50. The molecule has 0 atom stereocenters. The first-order valence-electron chi connectivity index (χ1n) is 18.6. The topological polar surface area (TPSA) is 48.8 Å². The molecule has 0 amide bonds. The lowest BCUT2D eigenvalue weighted by atomic mass is 10.0. The molecule has 0 radical (unpaired) electrons. The highest BCUT2D eigenvalue weighted by atomic mass is 16.3. The second kappa shape index (κ2) is 11.5. The first-order valence-corrected chi connectivity index (χ1v) is 18.6. The van der Waals surface area contributed by atoms with E-state index in [-0.39, 0.29) is 0 Å². The van der Waals surface area contributed by atoms with Crippen molar-refractivity contribution in [3.05, 3.63) is 182 Å². The van der Waals surface area contributed by atoms with E-state index in [2.05, 4.69) is 173 Å². The molecule has 8 aromatic carbocycles. The summed E-state index contributed by atoms with van der Waals surface area (Å²) in [7, 11) is 0. The lowest BCUT2D eigenvalue weighted by Crippen LogP contribution is -2.03. The molecule has 0 bridgehead atoms. The van der Waals surface area contributed by atoms with Crippen LogP contribution in [0.1, 0.15) is 0 Å². The highest BCUT2D eigenvalue weighted by Gasteiger charge is 2.25. The maximum Gasteiger partial charge on any atom is 0.235 e. The zero-order chi connectivity index (χ0) is 36.0. The largest absolute Gasteiger partial charge is 0.455 e. The van der Waals surface area contributed by atoms with Crippen LogP contribution in [0, 0.1) is 0 Å². The van der Waals surface area contributed by atoms with Gasteiger partial charge in [0, 0.05) is 43.6 Å². The predicted octanol–water partition coefficient (Wildman–Crippen LogP) is 13.1.